The first-order valence-electron chi connectivity index (χ1n) is 6.70. The van der Waals surface area contributed by atoms with Gasteiger partial charge in [0.05, 0.1) is 21.7 Å². The molecule has 0 aliphatic heterocycles. The lowest BCUT2D eigenvalue weighted by molar-refractivity contribution is 0.0636. The van der Waals surface area contributed by atoms with Gasteiger partial charge in [0, 0.05) is 4.90 Å². The van der Waals surface area contributed by atoms with Gasteiger partial charge in [-0.25, -0.2) is 0 Å². The predicted octanol–water partition coefficient (Wildman–Crippen LogP) is 3.68. The Kier molecular flexibility index (Phi) is 4.97. The van der Waals surface area contributed by atoms with Crippen molar-refractivity contribution < 1.29 is 9.32 Å². The van der Waals surface area contributed by atoms with Crippen LogP contribution in [0.1, 0.15) is 46.6 Å². The van der Waals surface area contributed by atoms with Crippen LogP contribution in [0.2, 0.25) is 0 Å². The van der Waals surface area contributed by atoms with Crippen molar-refractivity contribution in [1.82, 2.24) is 0 Å². The number of hydrogen-bond acceptors (Lipinski definition) is 2. The Balaban J connectivity index is 3.05. The second-order valence-corrected chi connectivity index (χ2v) is 8.65. The van der Waals surface area contributed by atoms with Crippen molar-refractivity contribution in [3.8, 4) is 0 Å². The second kappa shape index (κ2) is 5.76. The van der Waals surface area contributed by atoms with E-state index in [1.165, 1.54) is 0 Å². The van der Waals surface area contributed by atoms with E-state index in [0.717, 1.165) is 16.9 Å². The van der Waals surface area contributed by atoms with Crippen LogP contribution in [0.3, 0.4) is 0 Å². The average molecular weight is 282 g/mol. The van der Waals surface area contributed by atoms with Crippen molar-refractivity contribution >= 4 is 10.8 Å². The van der Waals surface area contributed by atoms with Gasteiger partial charge in [-0.05, 0) is 44.7 Å². The highest BCUT2D eigenvalue weighted by Crippen LogP contribution is 2.31. The molecule has 1 aromatic carbocycles. The highest BCUT2D eigenvalue weighted by molar-refractivity contribution is 7.85. The quantitative estimate of drug-likeness (QED) is 0.914. The molecule has 0 saturated heterocycles. The van der Waals surface area contributed by atoms with E-state index in [-0.39, 0.29) is 10.7 Å². The Bertz CT molecular complexity index is 435. The molecule has 0 saturated carbocycles. The first kappa shape index (κ1) is 16.4. The molecule has 0 unspecified atom stereocenters. The monoisotopic (exact) mass is 282 g/mol. The van der Waals surface area contributed by atoms with E-state index in [2.05, 4.69) is 20.8 Å². The molecule has 0 radical (unpaired) electrons. The van der Waals surface area contributed by atoms with Crippen LogP contribution in [0.4, 0.5) is 0 Å². The molecule has 0 heterocycles. The zero-order valence-electron chi connectivity index (χ0n) is 12.9. The first-order valence-corrected chi connectivity index (χ1v) is 7.91. The lowest BCUT2D eigenvalue weighted by atomic mass is 9.86. The Morgan fingerprint density at radius 2 is 1.58 bits per heavy atom. The molecule has 1 N–H and O–H groups in total. The minimum Gasteiger partial charge on any atom is -0.389 e. The molecule has 0 bridgehead atoms. The summed E-state index contributed by atoms with van der Waals surface area (Å²) in [6.07, 6.45) is 0.719. The standard InChI is InChI=1S/C16H26O2S/c1-12-7-9-13(10-8-12)19(18)14(16(5,6)17)11-15(2,3)4/h7-10,14,17H,11H2,1-6H3/t14-,19+/m1/s1. The summed E-state index contributed by atoms with van der Waals surface area (Å²) in [7, 11) is -1.20. The SMILES string of the molecule is Cc1ccc([S@](=O)[C@H](CC(C)(C)C)C(C)(C)O)cc1. The van der Waals surface area contributed by atoms with E-state index in [1.807, 2.05) is 31.2 Å². The molecule has 2 nitrogen and oxygen atoms in total. The molecule has 0 aliphatic rings. The zero-order chi connectivity index (χ0) is 14.8. The summed E-state index contributed by atoms with van der Waals surface area (Å²) in [6, 6.07) is 7.72. The molecule has 1 aromatic rings. The summed E-state index contributed by atoms with van der Waals surface area (Å²) < 4.78 is 12.7. The number of benzene rings is 1. The zero-order valence-corrected chi connectivity index (χ0v) is 13.7. The van der Waals surface area contributed by atoms with Gasteiger partial charge < -0.3 is 5.11 Å². The van der Waals surface area contributed by atoms with Crippen molar-refractivity contribution in [3.05, 3.63) is 29.8 Å². The highest BCUT2D eigenvalue weighted by Gasteiger charge is 2.35. The van der Waals surface area contributed by atoms with Gasteiger partial charge >= 0.3 is 0 Å². The molecule has 2 atom stereocenters. The van der Waals surface area contributed by atoms with Crippen molar-refractivity contribution in [1.29, 1.82) is 0 Å². The third kappa shape index (κ3) is 5.07. The van der Waals surface area contributed by atoms with Gasteiger partial charge in [0.2, 0.25) is 0 Å². The fourth-order valence-corrected chi connectivity index (χ4v) is 3.89. The van der Waals surface area contributed by atoms with E-state index in [9.17, 15) is 9.32 Å². The summed E-state index contributed by atoms with van der Waals surface area (Å²) >= 11 is 0. The fourth-order valence-electron chi connectivity index (χ4n) is 1.98. The van der Waals surface area contributed by atoms with Crippen molar-refractivity contribution in [2.75, 3.05) is 0 Å². The lowest BCUT2D eigenvalue weighted by Crippen LogP contribution is -2.41. The summed E-state index contributed by atoms with van der Waals surface area (Å²) in [5.41, 5.74) is 0.227. The van der Waals surface area contributed by atoms with E-state index in [4.69, 9.17) is 0 Å². The van der Waals surface area contributed by atoms with Crippen LogP contribution in [0.5, 0.6) is 0 Å². The molecule has 1 rings (SSSR count). The molecule has 0 amide bonds. The Labute approximate surface area is 119 Å². The molecular formula is C16H26O2S. The van der Waals surface area contributed by atoms with Gasteiger partial charge in [-0.15, -0.1) is 0 Å². The first-order chi connectivity index (χ1) is 8.50. The van der Waals surface area contributed by atoms with Crippen LogP contribution in [0.25, 0.3) is 0 Å². The number of aliphatic hydroxyl groups is 1. The Morgan fingerprint density at radius 1 is 1.11 bits per heavy atom. The Morgan fingerprint density at radius 3 is 1.95 bits per heavy atom. The van der Waals surface area contributed by atoms with Crippen LogP contribution >= 0.6 is 0 Å². The van der Waals surface area contributed by atoms with Crippen molar-refractivity contribution in [3.63, 3.8) is 0 Å². The molecular weight excluding hydrogens is 256 g/mol. The maximum absolute atomic E-state index is 12.7. The smallest absolute Gasteiger partial charge is 0.0738 e. The third-order valence-electron chi connectivity index (χ3n) is 3.10. The minimum absolute atomic E-state index is 0.0328. The number of hydrogen-bond donors (Lipinski definition) is 1. The predicted molar refractivity (Wildman–Crippen MR) is 81.7 cm³/mol. The summed E-state index contributed by atoms with van der Waals surface area (Å²) in [4.78, 5) is 0.793. The van der Waals surface area contributed by atoms with Crippen molar-refractivity contribution in [2.24, 2.45) is 5.41 Å². The van der Waals surface area contributed by atoms with Gasteiger partial charge in [-0.1, -0.05) is 38.5 Å². The number of aryl methyl sites for hydroxylation is 1. The fraction of sp³-hybridized carbons (Fsp3) is 0.625. The molecule has 0 spiro atoms. The molecule has 3 heteroatoms. The second-order valence-electron chi connectivity index (χ2n) is 7.02. The maximum atomic E-state index is 12.7. The van der Waals surface area contributed by atoms with Gasteiger partial charge in [-0.2, -0.15) is 0 Å². The average Bonchev–Trinajstić information content (AvgIpc) is 2.23. The van der Waals surface area contributed by atoms with E-state index in [0.29, 0.717) is 0 Å². The van der Waals surface area contributed by atoms with Crippen LogP contribution < -0.4 is 0 Å². The van der Waals surface area contributed by atoms with Crippen molar-refractivity contribution in [2.45, 2.75) is 63.7 Å². The van der Waals surface area contributed by atoms with Gasteiger partial charge in [0.15, 0.2) is 0 Å². The highest BCUT2D eigenvalue weighted by atomic mass is 32.2. The largest absolute Gasteiger partial charge is 0.389 e. The molecule has 0 aromatic heterocycles. The maximum Gasteiger partial charge on any atom is 0.0738 e. The van der Waals surface area contributed by atoms with Crippen LogP contribution in [0.15, 0.2) is 29.2 Å². The van der Waals surface area contributed by atoms with E-state index in [1.54, 1.807) is 13.8 Å². The topological polar surface area (TPSA) is 37.3 Å². The number of rotatable bonds is 4. The lowest BCUT2D eigenvalue weighted by Gasteiger charge is -2.33. The normalized spacial score (nSPS) is 16.2. The van der Waals surface area contributed by atoms with Gasteiger partial charge in [-0.3, -0.25) is 4.21 Å². The molecule has 0 fully saturated rings. The van der Waals surface area contributed by atoms with E-state index >= 15 is 0 Å². The summed E-state index contributed by atoms with van der Waals surface area (Å²) in [6.45, 7) is 11.8. The van der Waals surface area contributed by atoms with Gasteiger partial charge in [0.25, 0.3) is 0 Å². The summed E-state index contributed by atoms with van der Waals surface area (Å²) in [5, 5.41) is 10.1. The van der Waals surface area contributed by atoms with Crippen LogP contribution in [-0.4, -0.2) is 20.2 Å². The molecule has 19 heavy (non-hydrogen) atoms. The summed E-state index contributed by atoms with van der Waals surface area (Å²) in [5.74, 6) is 0. The van der Waals surface area contributed by atoms with E-state index < -0.39 is 16.4 Å². The third-order valence-corrected chi connectivity index (χ3v) is 5.09. The minimum atomic E-state index is -1.20. The molecule has 108 valence electrons. The Hall–Kier alpha value is -0.670. The van der Waals surface area contributed by atoms with Crippen LogP contribution in [0, 0.1) is 12.3 Å². The van der Waals surface area contributed by atoms with Gasteiger partial charge in [0.1, 0.15) is 0 Å². The van der Waals surface area contributed by atoms with Crippen LogP contribution in [-0.2, 0) is 10.8 Å². The molecule has 0 aliphatic carbocycles.